The lowest BCUT2D eigenvalue weighted by Gasteiger charge is -2.11. The molecular formula is C5H6F3N3O. The van der Waals surface area contributed by atoms with Crippen molar-refractivity contribution < 1.29 is 18.0 Å². The molecule has 0 fully saturated rings. The van der Waals surface area contributed by atoms with Crippen LogP contribution >= 0.6 is 0 Å². The van der Waals surface area contributed by atoms with Crippen molar-refractivity contribution >= 4 is 12.1 Å². The van der Waals surface area contributed by atoms with E-state index < -0.39 is 18.2 Å². The lowest BCUT2D eigenvalue weighted by molar-refractivity contribution is -0.112. The Labute approximate surface area is 66.0 Å². The number of hydrogen-bond acceptors (Lipinski definition) is 4. The predicted molar refractivity (Wildman–Crippen MR) is 34.2 cm³/mol. The molecule has 1 rings (SSSR count). The molecule has 1 aliphatic rings. The van der Waals surface area contributed by atoms with Crippen LogP contribution in [0.25, 0.3) is 0 Å². The van der Waals surface area contributed by atoms with E-state index in [0.717, 1.165) is 5.01 Å². The van der Waals surface area contributed by atoms with Crippen molar-refractivity contribution in [1.29, 1.82) is 0 Å². The first-order valence-corrected chi connectivity index (χ1v) is 3.05. The minimum atomic E-state index is -4.52. The fourth-order valence-electron chi connectivity index (χ4n) is 0.743. The Kier molecular flexibility index (Phi) is 1.95. The highest BCUT2D eigenvalue weighted by atomic mass is 19.4. The van der Waals surface area contributed by atoms with Crippen molar-refractivity contribution in [1.82, 2.24) is 10.3 Å². The number of carbonyl (C=O) groups is 1. The van der Waals surface area contributed by atoms with Crippen molar-refractivity contribution in [2.24, 2.45) is 5.10 Å². The lowest BCUT2D eigenvalue weighted by atomic mass is 10.5. The Morgan fingerprint density at radius 1 is 1.67 bits per heavy atom. The van der Waals surface area contributed by atoms with Gasteiger partial charge in [-0.25, -0.2) is 0 Å². The van der Waals surface area contributed by atoms with Gasteiger partial charge in [-0.3, -0.25) is 9.80 Å². The van der Waals surface area contributed by atoms with E-state index in [1.165, 1.54) is 7.05 Å². The summed E-state index contributed by atoms with van der Waals surface area (Å²) in [6, 6.07) is 0. The second-order valence-electron chi connectivity index (χ2n) is 2.25. The molecule has 0 radical (unpaired) electrons. The Morgan fingerprint density at radius 3 is 2.50 bits per heavy atom. The third kappa shape index (κ3) is 1.49. The minimum absolute atomic E-state index is 0.349. The van der Waals surface area contributed by atoms with Crippen LogP contribution in [0.15, 0.2) is 5.10 Å². The van der Waals surface area contributed by atoms with Gasteiger partial charge in [-0.05, 0) is 0 Å². The second kappa shape index (κ2) is 2.65. The van der Waals surface area contributed by atoms with Crippen LogP contribution in [0, 0.1) is 0 Å². The smallest absolute Gasteiger partial charge is 0.337 e. The molecule has 0 saturated carbocycles. The average molecular weight is 181 g/mol. The summed E-state index contributed by atoms with van der Waals surface area (Å²) in [6.07, 6.45) is -5.18. The van der Waals surface area contributed by atoms with E-state index in [9.17, 15) is 18.0 Å². The summed E-state index contributed by atoms with van der Waals surface area (Å²) in [5.74, 6) is -1.14. The van der Waals surface area contributed by atoms with Crippen molar-refractivity contribution in [2.75, 3.05) is 7.05 Å². The monoisotopic (exact) mass is 181 g/mol. The molecule has 7 heteroatoms. The highest BCUT2D eigenvalue weighted by molar-refractivity contribution is 5.90. The molecule has 1 aliphatic heterocycles. The van der Waals surface area contributed by atoms with Gasteiger partial charge >= 0.3 is 6.18 Å². The van der Waals surface area contributed by atoms with Gasteiger partial charge in [0.05, 0.1) is 0 Å². The first kappa shape index (κ1) is 8.82. The summed E-state index contributed by atoms with van der Waals surface area (Å²) in [4.78, 5) is 10.1. The number of rotatable bonds is 1. The van der Waals surface area contributed by atoms with Crippen LogP contribution in [0.4, 0.5) is 13.2 Å². The molecule has 0 spiro atoms. The number of likely N-dealkylation sites (N-methyl/N-ethyl adjacent to an activating group) is 1. The van der Waals surface area contributed by atoms with Crippen molar-refractivity contribution in [3.05, 3.63) is 0 Å². The quantitative estimate of drug-likeness (QED) is 0.575. The van der Waals surface area contributed by atoms with E-state index in [2.05, 4.69) is 5.10 Å². The molecule has 0 amide bonds. The molecule has 0 aromatic rings. The van der Waals surface area contributed by atoms with Gasteiger partial charge < -0.3 is 5.32 Å². The van der Waals surface area contributed by atoms with Gasteiger partial charge in [0, 0.05) is 7.05 Å². The van der Waals surface area contributed by atoms with Crippen LogP contribution in [0.5, 0.6) is 0 Å². The van der Waals surface area contributed by atoms with E-state index in [0.29, 0.717) is 6.29 Å². The third-order valence-electron chi connectivity index (χ3n) is 1.34. The molecular weight excluding hydrogens is 175 g/mol. The number of nitrogens with zero attached hydrogens (tertiary/aromatic N) is 2. The van der Waals surface area contributed by atoms with E-state index in [4.69, 9.17) is 0 Å². The molecule has 1 N–H and O–H groups in total. The molecule has 68 valence electrons. The van der Waals surface area contributed by atoms with Crippen LogP contribution in [0.3, 0.4) is 0 Å². The highest BCUT2D eigenvalue weighted by Gasteiger charge is 2.41. The number of hydrazone groups is 1. The SMILES string of the molecule is CN1N=C(C(F)(F)F)NC1C=O. The Balaban J connectivity index is 2.74. The fraction of sp³-hybridized carbons (Fsp3) is 0.600. The van der Waals surface area contributed by atoms with Crippen LogP contribution in [-0.2, 0) is 4.79 Å². The summed E-state index contributed by atoms with van der Waals surface area (Å²) < 4.78 is 35.7. The standard InChI is InChI=1S/C5H6F3N3O/c1-11-3(2-12)9-4(10-11)5(6,7)8/h2-3H,1H3,(H,9,10). The predicted octanol–water partition coefficient (Wildman–Crippen LogP) is -0.0778. The van der Waals surface area contributed by atoms with E-state index >= 15 is 0 Å². The summed E-state index contributed by atoms with van der Waals surface area (Å²) in [5, 5.41) is 5.92. The Hall–Kier alpha value is -1.27. The molecule has 0 bridgehead atoms. The molecule has 0 aromatic carbocycles. The number of carbonyl (C=O) groups excluding carboxylic acids is 1. The maximum absolute atomic E-state index is 11.9. The molecule has 1 heterocycles. The normalized spacial score (nSPS) is 23.5. The Bertz CT molecular complexity index is 224. The van der Waals surface area contributed by atoms with Crippen LogP contribution in [0.2, 0.25) is 0 Å². The summed E-state index contributed by atoms with van der Waals surface area (Å²) in [7, 11) is 1.28. The second-order valence-corrected chi connectivity index (χ2v) is 2.25. The lowest BCUT2D eigenvalue weighted by Crippen LogP contribution is -2.42. The average Bonchev–Trinajstić information content (AvgIpc) is 2.29. The summed E-state index contributed by atoms with van der Waals surface area (Å²) in [6.45, 7) is 0. The van der Waals surface area contributed by atoms with Gasteiger partial charge in [-0.1, -0.05) is 0 Å². The Morgan fingerprint density at radius 2 is 2.25 bits per heavy atom. The molecule has 1 unspecified atom stereocenters. The molecule has 1 atom stereocenters. The molecule has 0 saturated heterocycles. The van der Waals surface area contributed by atoms with Gasteiger partial charge in [-0.15, -0.1) is 0 Å². The topological polar surface area (TPSA) is 44.7 Å². The van der Waals surface area contributed by atoms with Gasteiger partial charge in [-0.2, -0.15) is 18.3 Å². The number of nitrogens with one attached hydrogen (secondary N) is 1. The van der Waals surface area contributed by atoms with Crippen LogP contribution in [0.1, 0.15) is 0 Å². The summed E-state index contributed by atoms with van der Waals surface area (Å²) >= 11 is 0. The summed E-state index contributed by atoms with van der Waals surface area (Å²) in [5.41, 5.74) is 0. The number of amidine groups is 1. The number of halogens is 3. The third-order valence-corrected chi connectivity index (χ3v) is 1.34. The maximum atomic E-state index is 11.9. The van der Waals surface area contributed by atoms with Crippen LogP contribution in [-0.4, -0.2) is 36.5 Å². The highest BCUT2D eigenvalue weighted by Crippen LogP contribution is 2.19. The zero-order valence-corrected chi connectivity index (χ0v) is 6.09. The molecule has 12 heavy (non-hydrogen) atoms. The molecule has 0 aromatic heterocycles. The van der Waals surface area contributed by atoms with Gasteiger partial charge in [0.2, 0.25) is 5.84 Å². The number of alkyl halides is 3. The number of aldehydes is 1. The van der Waals surface area contributed by atoms with E-state index in [1.54, 1.807) is 0 Å². The van der Waals surface area contributed by atoms with Gasteiger partial charge in [0.15, 0.2) is 12.5 Å². The van der Waals surface area contributed by atoms with Gasteiger partial charge in [0.1, 0.15) is 0 Å². The first-order valence-electron chi connectivity index (χ1n) is 3.05. The molecule has 0 aliphatic carbocycles. The van der Waals surface area contributed by atoms with E-state index in [1.807, 2.05) is 5.32 Å². The van der Waals surface area contributed by atoms with E-state index in [-0.39, 0.29) is 0 Å². The zero-order chi connectivity index (χ0) is 9.35. The van der Waals surface area contributed by atoms with Crippen molar-refractivity contribution in [3.8, 4) is 0 Å². The minimum Gasteiger partial charge on any atom is -0.337 e. The largest absolute Gasteiger partial charge is 0.451 e. The molecule has 4 nitrogen and oxygen atoms in total. The first-order chi connectivity index (χ1) is 5.45. The zero-order valence-electron chi connectivity index (χ0n) is 6.09. The maximum Gasteiger partial charge on any atom is 0.451 e. The van der Waals surface area contributed by atoms with Crippen molar-refractivity contribution in [3.63, 3.8) is 0 Å². The fourth-order valence-corrected chi connectivity index (χ4v) is 0.743. The number of hydrogen-bond donors (Lipinski definition) is 1. The van der Waals surface area contributed by atoms with Crippen LogP contribution < -0.4 is 5.32 Å². The van der Waals surface area contributed by atoms with Gasteiger partial charge in [0.25, 0.3) is 0 Å². The van der Waals surface area contributed by atoms with Crippen molar-refractivity contribution in [2.45, 2.75) is 12.3 Å².